The fourth-order valence-electron chi connectivity index (χ4n) is 2.14. The fraction of sp³-hybridized carbons (Fsp3) is 0.188. The van der Waals surface area contributed by atoms with Crippen LogP contribution < -0.4 is 11.1 Å². The fourth-order valence-corrected chi connectivity index (χ4v) is 2.31. The molecule has 1 atom stereocenters. The van der Waals surface area contributed by atoms with Crippen molar-refractivity contribution in [2.75, 3.05) is 5.32 Å². The van der Waals surface area contributed by atoms with Crippen LogP contribution in [0.2, 0.25) is 5.02 Å². The number of amidine groups is 1. The molecule has 0 aliphatic carbocycles. The predicted molar refractivity (Wildman–Crippen MR) is 87.0 cm³/mol. The molecule has 0 heterocycles. The first-order chi connectivity index (χ1) is 10.1. The van der Waals surface area contributed by atoms with Gasteiger partial charge in [-0.15, -0.1) is 0 Å². The van der Waals surface area contributed by atoms with Crippen LogP contribution in [0.1, 0.15) is 23.6 Å². The van der Waals surface area contributed by atoms with Gasteiger partial charge in [0.15, 0.2) is 0 Å². The van der Waals surface area contributed by atoms with E-state index in [1.54, 1.807) is 0 Å². The molecule has 110 valence electrons. The number of rotatable bonds is 5. The third kappa shape index (κ3) is 3.89. The number of hydrogen-bond donors (Lipinski definition) is 3. The molecule has 0 saturated heterocycles. The summed E-state index contributed by atoms with van der Waals surface area (Å²) in [6.07, 6.45) is 0.395. The van der Waals surface area contributed by atoms with E-state index < -0.39 is 0 Å². The summed E-state index contributed by atoms with van der Waals surface area (Å²) in [5, 5.41) is 16.0. The molecule has 0 bridgehead atoms. The lowest BCUT2D eigenvalue weighted by Crippen LogP contribution is -2.21. The minimum absolute atomic E-state index is 0.0979. The molecular formula is C16H18ClN3O. The highest BCUT2D eigenvalue weighted by molar-refractivity contribution is 6.31. The number of nitrogens with zero attached hydrogens (tertiary/aromatic N) is 1. The van der Waals surface area contributed by atoms with Crippen molar-refractivity contribution in [2.45, 2.75) is 19.4 Å². The van der Waals surface area contributed by atoms with Crippen molar-refractivity contribution in [1.82, 2.24) is 0 Å². The summed E-state index contributed by atoms with van der Waals surface area (Å²) in [5.74, 6) is 0.177. The zero-order chi connectivity index (χ0) is 15.2. The summed E-state index contributed by atoms with van der Waals surface area (Å²) in [5.41, 5.74) is 8.63. The Balaban J connectivity index is 2.30. The van der Waals surface area contributed by atoms with Crippen LogP contribution in [0.5, 0.6) is 0 Å². The summed E-state index contributed by atoms with van der Waals surface area (Å²) in [6.45, 7) is 1.95. The van der Waals surface area contributed by atoms with Crippen molar-refractivity contribution >= 4 is 23.1 Å². The molecule has 0 spiro atoms. The molecule has 2 rings (SSSR count). The lowest BCUT2D eigenvalue weighted by atomic mass is 10.0. The van der Waals surface area contributed by atoms with Crippen LogP contribution in [-0.2, 0) is 0 Å². The Hall–Kier alpha value is -2.20. The van der Waals surface area contributed by atoms with E-state index in [0.717, 1.165) is 16.8 Å². The second-order valence-corrected chi connectivity index (χ2v) is 5.22. The Kier molecular flexibility index (Phi) is 5.06. The van der Waals surface area contributed by atoms with Crippen LogP contribution in [0.15, 0.2) is 53.7 Å². The summed E-state index contributed by atoms with van der Waals surface area (Å²) in [7, 11) is 0. The lowest BCUT2D eigenvalue weighted by Gasteiger charge is -2.21. The quantitative estimate of drug-likeness (QED) is 0.339. The molecule has 5 heteroatoms. The van der Waals surface area contributed by atoms with E-state index in [-0.39, 0.29) is 11.9 Å². The van der Waals surface area contributed by atoms with Gasteiger partial charge >= 0.3 is 0 Å². The molecule has 4 N–H and O–H groups in total. The molecule has 0 aromatic heterocycles. The second-order valence-electron chi connectivity index (χ2n) is 4.82. The van der Waals surface area contributed by atoms with Gasteiger partial charge in [0.05, 0.1) is 6.04 Å². The van der Waals surface area contributed by atoms with E-state index in [2.05, 4.69) is 10.5 Å². The van der Waals surface area contributed by atoms with E-state index in [4.69, 9.17) is 22.5 Å². The molecule has 2 aromatic carbocycles. The summed E-state index contributed by atoms with van der Waals surface area (Å²) >= 11 is 6.15. The van der Waals surface area contributed by atoms with Crippen LogP contribution in [-0.4, -0.2) is 11.0 Å². The molecule has 0 saturated carbocycles. The van der Waals surface area contributed by atoms with Crippen LogP contribution in [0.4, 0.5) is 5.69 Å². The smallest absolute Gasteiger partial charge is 0.141 e. The Labute approximate surface area is 129 Å². The second kappa shape index (κ2) is 6.99. The van der Waals surface area contributed by atoms with Gasteiger partial charge in [-0.25, -0.2) is 0 Å². The van der Waals surface area contributed by atoms with Crippen molar-refractivity contribution in [3.05, 3.63) is 64.7 Å². The molecular weight excluding hydrogens is 286 g/mol. The maximum Gasteiger partial charge on any atom is 0.141 e. The van der Waals surface area contributed by atoms with Crippen molar-refractivity contribution in [3.63, 3.8) is 0 Å². The first-order valence-corrected chi connectivity index (χ1v) is 7.02. The minimum Gasteiger partial charge on any atom is -0.409 e. The first kappa shape index (κ1) is 15.2. The minimum atomic E-state index is -0.0979. The van der Waals surface area contributed by atoms with Gasteiger partial charge in [-0.3, -0.25) is 0 Å². The molecule has 1 unspecified atom stereocenters. The summed E-state index contributed by atoms with van der Waals surface area (Å²) in [6, 6.07) is 15.5. The third-order valence-electron chi connectivity index (χ3n) is 3.34. The number of nitrogens with one attached hydrogen (secondary N) is 1. The zero-order valence-corrected chi connectivity index (χ0v) is 12.5. The highest BCUT2D eigenvalue weighted by atomic mass is 35.5. The summed E-state index contributed by atoms with van der Waals surface area (Å²) < 4.78 is 0. The zero-order valence-electron chi connectivity index (χ0n) is 11.8. The maximum atomic E-state index is 8.81. The molecule has 0 radical (unpaired) electrons. The average Bonchev–Trinajstić information content (AvgIpc) is 2.51. The van der Waals surface area contributed by atoms with Crippen LogP contribution in [0.3, 0.4) is 0 Å². The lowest BCUT2D eigenvalue weighted by molar-refractivity contribution is 0.316. The molecule has 0 aliphatic rings. The Morgan fingerprint density at radius 1 is 1.24 bits per heavy atom. The van der Waals surface area contributed by atoms with Gasteiger partial charge in [0, 0.05) is 17.1 Å². The SMILES string of the molecule is Cc1c(Cl)cccc1NC(CC(N)=NO)c1ccccc1. The van der Waals surface area contributed by atoms with E-state index in [0.29, 0.717) is 11.4 Å². The van der Waals surface area contributed by atoms with Gasteiger partial charge in [0.2, 0.25) is 0 Å². The largest absolute Gasteiger partial charge is 0.409 e. The van der Waals surface area contributed by atoms with Gasteiger partial charge < -0.3 is 16.3 Å². The first-order valence-electron chi connectivity index (χ1n) is 6.65. The monoisotopic (exact) mass is 303 g/mol. The van der Waals surface area contributed by atoms with Crippen molar-refractivity contribution < 1.29 is 5.21 Å². The van der Waals surface area contributed by atoms with Crippen LogP contribution in [0, 0.1) is 6.92 Å². The van der Waals surface area contributed by atoms with Gasteiger partial charge in [-0.1, -0.05) is 53.2 Å². The van der Waals surface area contributed by atoms with Crippen LogP contribution >= 0.6 is 11.6 Å². The van der Waals surface area contributed by atoms with Gasteiger partial charge in [0.25, 0.3) is 0 Å². The highest BCUT2D eigenvalue weighted by Gasteiger charge is 2.15. The van der Waals surface area contributed by atoms with Gasteiger partial charge in [-0.2, -0.15) is 0 Å². The Bertz CT molecular complexity index is 629. The molecule has 4 nitrogen and oxygen atoms in total. The number of anilines is 1. The predicted octanol–water partition coefficient (Wildman–Crippen LogP) is 3.94. The topological polar surface area (TPSA) is 70.6 Å². The highest BCUT2D eigenvalue weighted by Crippen LogP contribution is 2.28. The van der Waals surface area contributed by atoms with Crippen molar-refractivity contribution in [2.24, 2.45) is 10.9 Å². The standard InChI is InChI=1S/C16H18ClN3O/c1-11-13(17)8-5-9-14(11)19-15(10-16(18)20-21)12-6-3-2-4-7-12/h2-9,15,19,21H,10H2,1H3,(H2,18,20). The number of hydrogen-bond acceptors (Lipinski definition) is 3. The number of nitrogens with two attached hydrogens (primary N) is 1. The molecule has 0 amide bonds. The maximum absolute atomic E-state index is 8.81. The number of benzene rings is 2. The van der Waals surface area contributed by atoms with Gasteiger partial charge in [-0.05, 0) is 30.2 Å². The van der Waals surface area contributed by atoms with Crippen molar-refractivity contribution in [3.8, 4) is 0 Å². The van der Waals surface area contributed by atoms with Gasteiger partial charge in [0.1, 0.15) is 5.84 Å². The Morgan fingerprint density at radius 2 is 1.95 bits per heavy atom. The van der Waals surface area contributed by atoms with E-state index >= 15 is 0 Å². The number of oxime groups is 1. The van der Waals surface area contributed by atoms with E-state index in [9.17, 15) is 0 Å². The average molecular weight is 304 g/mol. The molecule has 0 aliphatic heterocycles. The Morgan fingerprint density at radius 3 is 2.62 bits per heavy atom. The van der Waals surface area contributed by atoms with Crippen molar-refractivity contribution in [1.29, 1.82) is 0 Å². The van der Waals surface area contributed by atoms with E-state index in [1.165, 1.54) is 0 Å². The summed E-state index contributed by atoms with van der Waals surface area (Å²) in [4.78, 5) is 0. The number of halogens is 1. The third-order valence-corrected chi connectivity index (χ3v) is 3.75. The molecule has 0 fully saturated rings. The molecule has 21 heavy (non-hydrogen) atoms. The van der Waals surface area contributed by atoms with E-state index in [1.807, 2.05) is 55.5 Å². The normalized spacial score (nSPS) is 13.0. The van der Waals surface area contributed by atoms with Crippen LogP contribution in [0.25, 0.3) is 0 Å². The molecule has 2 aromatic rings.